The summed E-state index contributed by atoms with van der Waals surface area (Å²) in [6, 6.07) is 19.6. The summed E-state index contributed by atoms with van der Waals surface area (Å²) < 4.78 is 5.44. The standard InChI is InChI=1S/C24H24N2O4/c1-15-16(11-6-12-25-15)23(28)22(27)13-26-24(29)30-14-21-19-9-4-2-7-17(19)18-8-3-5-10-20(18)21/h2-12,21-23,27-28H,13-14H2,1H3,(H,26,29). The van der Waals surface area contributed by atoms with Crippen LogP contribution in [0.25, 0.3) is 11.1 Å². The van der Waals surface area contributed by atoms with Crippen LogP contribution in [0.5, 0.6) is 0 Å². The van der Waals surface area contributed by atoms with E-state index in [0.29, 0.717) is 11.3 Å². The highest BCUT2D eigenvalue weighted by molar-refractivity contribution is 5.79. The summed E-state index contributed by atoms with van der Waals surface area (Å²) in [5.74, 6) is -0.0308. The lowest BCUT2D eigenvalue weighted by atomic mass is 9.98. The van der Waals surface area contributed by atoms with Crippen LogP contribution in [-0.2, 0) is 4.74 Å². The molecule has 0 saturated heterocycles. The van der Waals surface area contributed by atoms with E-state index in [1.165, 1.54) is 0 Å². The van der Waals surface area contributed by atoms with E-state index in [2.05, 4.69) is 34.6 Å². The van der Waals surface area contributed by atoms with Crippen LogP contribution in [-0.4, -0.2) is 40.5 Å². The average molecular weight is 404 g/mol. The van der Waals surface area contributed by atoms with Crippen LogP contribution in [0.3, 0.4) is 0 Å². The number of benzene rings is 2. The van der Waals surface area contributed by atoms with Gasteiger partial charge in [0.2, 0.25) is 0 Å². The van der Waals surface area contributed by atoms with E-state index in [1.54, 1.807) is 25.3 Å². The van der Waals surface area contributed by atoms with Gasteiger partial charge in [0.25, 0.3) is 0 Å². The summed E-state index contributed by atoms with van der Waals surface area (Å²) in [6.45, 7) is 1.82. The number of carbonyl (C=O) groups is 1. The molecule has 2 unspecified atom stereocenters. The average Bonchev–Trinajstić information content (AvgIpc) is 3.09. The van der Waals surface area contributed by atoms with Gasteiger partial charge in [0.1, 0.15) is 18.8 Å². The van der Waals surface area contributed by atoms with Crippen molar-refractivity contribution in [2.75, 3.05) is 13.2 Å². The van der Waals surface area contributed by atoms with Gasteiger partial charge in [0.15, 0.2) is 0 Å². The van der Waals surface area contributed by atoms with Gasteiger partial charge in [-0.3, -0.25) is 4.98 Å². The van der Waals surface area contributed by atoms with Gasteiger partial charge >= 0.3 is 6.09 Å². The van der Waals surface area contributed by atoms with Gasteiger partial charge in [-0.1, -0.05) is 54.6 Å². The monoisotopic (exact) mass is 404 g/mol. The van der Waals surface area contributed by atoms with Gasteiger partial charge in [-0.15, -0.1) is 0 Å². The number of aromatic nitrogens is 1. The van der Waals surface area contributed by atoms with E-state index in [9.17, 15) is 15.0 Å². The second-order valence-electron chi connectivity index (χ2n) is 7.40. The minimum atomic E-state index is -1.17. The molecular formula is C24H24N2O4. The van der Waals surface area contributed by atoms with Crippen LogP contribution >= 0.6 is 0 Å². The smallest absolute Gasteiger partial charge is 0.407 e. The number of alkyl carbamates (subject to hydrolysis) is 1. The lowest BCUT2D eigenvalue weighted by Gasteiger charge is -2.20. The Labute approximate surface area is 175 Å². The number of amides is 1. The van der Waals surface area contributed by atoms with E-state index in [1.807, 2.05) is 24.3 Å². The van der Waals surface area contributed by atoms with E-state index >= 15 is 0 Å². The number of aryl methyl sites for hydroxylation is 1. The van der Waals surface area contributed by atoms with Gasteiger partial charge in [-0.2, -0.15) is 0 Å². The van der Waals surface area contributed by atoms with E-state index < -0.39 is 18.3 Å². The summed E-state index contributed by atoms with van der Waals surface area (Å²) in [5.41, 5.74) is 5.74. The third-order valence-electron chi connectivity index (χ3n) is 5.53. The Morgan fingerprint density at radius 1 is 1.03 bits per heavy atom. The predicted molar refractivity (Wildman–Crippen MR) is 113 cm³/mol. The first-order valence-electron chi connectivity index (χ1n) is 9.92. The van der Waals surface area contributed by atoms with E-state index in [4.69, 9.17) is 4.74 Å². The molecule has 0 radical (unpaired) electrons. The third-order valence-corrected chi connectivity index (χ3v) is 5.53. The van der Waals surface area contributed by atoms with Gasteiger partial charge in [0.05, 0.1) is 0 Å². The molecule has 1 aliphatic carbocycles. The summed E-state index contributed by atoms with van der Waals surface area (Å²) >= 11 is 0. The fourth-order valence-electron chi connectivity index (χ4n) is 3.97. The number of hydrogen-bond donors (Lipinski definition) is 3. The maximum absolute atomic E-state index is 12.2. The molecule has 6 nitrogen and oxygen atoms in total. The zero-order chi connectivity index (χ0) is 21.1. The lowest BCUT2D eigenvalue weighted by molar-refractivity contribution is 0.0180. The van der Waals surface area contributed by atoms with Crippen LogP contribution in [0.2, 0.25) is 0 Å². The third kappa shape index (κ3) is 3.92. The molecule has 0 spiro atoms. The first kappa shape index (κ1) is 20.1. The van der Waals surface area contributed by atoms with Crippen molar-refractivity contribution in [3.63, 3.8) is 0 Å². The van der Waals surface area contributed by atoms with Crippen molar-refractivity contribution >= 4 is 6.09 Å². The zero-order valence-corrected chi connectivity index (χ0v) is 16.7. The molecule has 0 aliphatic heterocycles. The van der Waals surface area contributed by atoms with Crippen molar-refractivity contribution in [3.8, 4) is 11.1 Å². The number of pyridine rings is 1. The Balaban J connectivity index is 1.35. The molecule has 0 bridgehead atoms. The summed E-state index contributed by atoms with van der Waals surface area (Å²) in [6.07, 6.45) is -1.33. The molecule has 6 heteroatoms. The first-order valence-corrected chi connectivity index (χ1v) is 9.92. The van der Waals surface area contributed by atoms with Crippen LogP contribution in [0.15, 0.2) is 66.9 Å². The summed E-state index contributed by atoms with van der Waals surface area (Å²) in [5, 5.41) is 23.1. The number of ether oxygens (including phenoxy) is 1. The van der Waals surface area contributed by atoms with Crippen molar-refractivity contribution in [2.45, 2.75) is 25.0 Å². The molecule has 3 N–H and O–H groups in total. The fourth-order valence-corrected chi connectivity index (χ4v) is 3.97. The van der Waals surface area contributed by atoms with Crippen LogP contribution < -0.4 is 5.32 Å². The number of aliphatic hydroxyl groups excluding tert-OH is 2. The molecule has 0 saturated carbocycles. The van der Waals surface area contributed by atoms with Gasteiger partial charge in [0, 0.05) is 29.9 Å². The molecule has 2 atom stereocenters. The molecule has 1 aromatic heterocycles. The molecule has 0 fully saturated rings. The van der Waals surface area contributed by atoms with Crippen molar-refractivity contribution < 1.29 is 19.7 Å². The number of carbonyl (C=O) groups excluding carboxylic acids is 1. The molecule has 2 aromatic carbocycles. The largest absolute Gasteiger partial charge is 0.449 e. The molecule has 1 amide bonds. The SMILES string of the molecule is Cc1ncccc1C(O)C(O)CNC(=O)OCC1c2ccccc2-c2ccccc21. The quantitative estimate of drug-likeness (QED) is 0.586. The maximum atomic E-state index is 12.2. The molecule has 1 heterocycles. The molecule has 4 rings (SSSR count). The number of fused-ring (bicyclic) bond motifs is 3. The summed E-state index contributed by atoms with van der Waals surface area (Å²) in [7, 11) is 0. The minimum absolute atomic E-state index is 0.0308. The topological polar surface area (TPSA) is 91.7 Å². The highest BCUT2D eigenvalue weighted by Gasteiger charge is 2.29. The Morgan fingerprint density at radius 3 is 2.30 bits per heavy atom. The second-order valence-corrected chi connectivity index (χ2v) is 7.40. The van der Waals surface area contributed by atoms with Gasteiger partial charge in [-0.25, -0.2) is 4.79 Å². The van der Waals surface area contributed by atoms with Crippen LogP contribution in [0.1, 0.15) is 34.4 Å². The van der Waals surface area contributed by atoms with Crippen LogP contribution in [0, 0.1) is 6.92 Å². The normalized spacial score (nSPS) is 14.5. The van der Waals surface area contributed by atoms with E-state index in [0.717, 1.165) is 22.3 Å². The molecule has 30 heavy (non-hydrogen) atoms. The molecular weight excluding hydrogens is 380 g/mol. The van der Waals surface area contributed by atoms with Crippen molar-refractivity contribution in [1.29, 1.82) is 0 Å². The number of nitrogens with zero attached hydrogens (tertiary/aromatic N) is 1. The molecule has 3 aromatic rings. The Hall–Kier alpha value is -3.22. The Bertz CT molecular complexity index is 1010. The van der Waals surface area contributed by atoms with Crippen molar-refractivity contribution in [2.24, 2.45) is 0 Å². The van der Waals surface area contributed by atoms with Gasteiger partial charge < -0.3 is 20.3 Å². The fraction of sp³-hybridized carbons (Fsp3) is 0.250. The highest BCUT2D eigenvalue weighted by atomic mass is 16.5. The van der Waals surface area contributed by atoms with Gasteiger partial charge in [-0.05, 0) is 35.2 Å². The van der Waals surface area contributed by atoms with Crippen molar-refractivity contribution in [3.05, 3.63) is 89.2 Å². The number of aliphatic hydroxyl groups is 2. The first-order chi connectivity index (χ1) is 14.6. The van der Waals surface area contributed by atoms with E-state index in [-0.39, 0.29) is 19.1 Å². The van der Waals surface area contributed by atoms with Crippen LogP contribution in [0.4, 0.5) is 4.79 Å². The van der Waals surface area contributed by atoms with Crippen molar-refractivity contribution in [1.82, 2.24) is 10.3 Å². The second kappa shape index (κ2) is 8.65. The zero-order valence-electron chi connectivity index (χ0n) is 16.7. The minimum Gasteiger partial charge on any atom is -0.449 e. The number of rotatable bonds is 6. The summed E-state index contributed by atoms with van der Waals surface area (Å²) in [4.78, 5) is 16.3. The molecule has 154 valence electrons. The highest BCUT2D eigenvalue weighted by Crippen LogP contribution is 2.44. The Kier molecular flexibility index (Phi) is 5.79. The predicted octanol–water partition coefficient (Wildman–Crippen LogP) is 3.32. The molecule has 1 aliphatic rings. The number of hydrogen-bond acceptors (Lipinski definition) is 5. The maximum Gasteiger partial charge on any atom is 0.407 e. The lowest BCUT2D eigenvalue weighted by Crippen LogP contribution is -2.36. The number of nitrogens with one attached hydrogen (secondary N) is 1. The Morgan fingerprint density at radius 2 is 1.67 bits per heavy atom.